The van der Waals surface area contributed by atoms with Crippen molar-refractivity contribution in [3.8, 4) is 0 Å². The van der Waals surface area contributed by atoms with Crippen LogP contribution in [0.5, 0.6) is 0 Å². The molecule has 2 N–H and O–H groups in total. The molecule has 0 atom stereocenters. The summed E-state index contributed by atoms with van der Waals surface area (Å²) < 4.78 is 1.83. The van der Waals surface area contributed by atoms with E-state index in [-0.39, 0.29) is 0 Å². The molecular weight excluding hydrogens is 140 g/mol. The number of hydrogen-bond donors (Lipinski definition) is 1. The highest BCUT2D eigenvalue weighted by Crippen LogP contribution is 1.88. The monoisotopic (exact) mass is 152 g/mol. The normalized spacial score (nSPS) is 11.9. The van der Waals surface area contributed by atoms with Gasteiger partial charge in [0.15, 0.2) is 0 Å². The largest absolute Gasteiger partial charge is 0.387 e. The molecule has 0 aliphatic carbocycles. The summed E-state index contributed by atoms with van der Waals surface area (Å²) in [7, 11) is 1.69. The van der Waals surface area contributed by atoms with Crippen LogP contribution in [0.4, 0.5) is 0 Å². The lowest BCUT2D eigenvalue weighted by Crippen LogP contribution is -2.14. The first kappa shape index (κ1) is 7.78. The average Bonchev–Trinajstić information content (AvgIpc) is 2.52. The number of aliphatic imine (C=N–C) groups is 1. The first-order valence-corrected chi connectivity index (χ1v) is 3.51. The van der Waals surface area contributed by atoms with Crippen molar-refractivity contribution in [2.45, 2.75) is 13.0 Å². The Morgan fingerprint density at radius 2 is 2.55 bits per heavy atom. The lowest BCUT2D eigenvalue weighted by atomic mass is 10.4. The summed E-state index contributed by atoms with van der Waals surface area (Å²) in [4.78, 5) is 3.84. The van der Waals surface area contributed by atoms with E-state index in [0.717, 1.165) is 13.0 Å². The van der Waals surface area contributed by atoms with E-state index in [1.54, 1.807) is 13.2 Å². The molecule has 4 nitrogen and oxygen atoms in total. The predicted molar refractivity (Wildman–Crippen MR) is 44.4 cm³/mol. The van der Waals surface area contributed by atoms with Gasteiger partial charge in [0.05, 0.1) is 5.84 Å². The molecule has 0 saturated carbocycles. The van der Waals surface area contributed by atoms with Gasteiger partial charge >= 0.3 is 0 Å². The number of aryl methyl sites for hydroxylation is 1. The summed E-state index contributed by atoms with van der Waals surface area (Å²) in [5, 5.41) is 4.03. The predicted octanol–water partition coefficient (Wildman–Crippen LogP) is 0.260. The summed E-state index contributed by atoms with van der Waals surface area (Å²) in [6, 6.07) is 1.89. The molecule has 0 saturated heterocycles. The van der Waals surface area contributed by atoms with Crippen molar-refractivity contribution < 1.29 is 0 Å². The lowest BCUT2D eigenvalue weighted by molar-refractivity contribution is 0.632. The Kier molecular flexibility index (Phi) is 2.66. The van der Waals surface area contributed by atoms with Crippen LogP contribution in [0.1, 0.15) is 6.42 Å². The molecule has 0 amide bonds. The van der Waals surface area contributed by atoms with Crippen molar-refractivity contribution in [2.24, 2.45) is 10.7 Å². The van der Waals surface area contributed by atoms with Crippen LogP contribution in [-0.4, -0.2) is 22.7 Å². The van der Waals surface area contributed by atoms with Gasteiger partial charge in [-0.05, 0) is 6.07 Å². The Balaban J connectivity index is 2.35. The van der Waals surface area contributed by atoms with E-state index in [9.17, 15) is 0 Å². The Morgan fingerprint density at radius 3 is 3.09 bits per heavy atom. The van der Waals surface area contributed by atoms with E-state index in [1.807, 2.05) is 16.9 Å². The van der Waals surface area contributed by atoms with Gasteiger partial charge in [0.25, 0.3) is 0 Å². The minimum atomic E-state index is 0.667. The van der Waals surface area contributed by atoms with E-state index < -0.39 is 0 Å². The zero-order chi connectivity index (χ0) is 8.10. The first-order chi connectivity index (χ1) is 5.33. The maximum atomic E-state index is 5.50. The van der Waals surface area contributed by atoms with E-state index >= 15 is 0 Å². The molecule has 0 fully saturated rings. The third kappa shape index (κ3) is 2.41. The highest BCUT2D eigenvalue weighted by atomic mass is 15.3. The number of nitrogens with zero attached hydrogens (tertiary/aromatic N) is 3. The molecule has 0 spiro atoms. The quantitative estimate of drug-likeness (QED) is 0.499. The highest BCUT2D eigenvalue weighted by molar-refractivity contribution is 5.79. The van der Waals surface area contributed by atoms with Gasteiger partial charge in [0.1, 0.15) is 0 Å². The Bertz CT molecular complexity index is 225. The molecule has 1 rings (SSSR count). The van der Waals surface area contributed by atoms with Crippen molar-refractivity contribution in [3.05, 3.63) is 18.5 Å². The van der Waals surface area contributed by atoms with Crippen molar-refractivity contribution >= 4 is 5.84 Å². The van der Waals surface area contributed by atoms with Crippen molar-refractivity contribution in [1.82, 2.24) is 9.78 Å². The van der Waals surface area contributed by atoms with Gasteiger partial charge in [0.2, 0.25) is 0 Å². The first-order valence-electron chi connectivity index (χ1n) is 3.51. The van der Waals surface area contributed by atoms with Gasteiger partial charge in [-0.3, -0.25) is 9.67 Å². The summed E-state index contributed by atoms with van der Waals surface area (Å²) in [6.45, 7) is 0.802. The summed E-state index contributed by atoms with van der Waals surface area (Å²) >= 11 is 0. The summed E-state index contributed by atoms with van der Waals surface area (Å²) in [6.07, 6.45) is 4.42. The van der Waals surface area contributed by atoms with Gasteiger partial charge in [0, 0.05) is 32.4 Å². The molecule has 0 aromatic carbocycles. The molecule has 4 heteroatoms. The fourth-order valence-corrected chi connectivity index (χ4v) is 0.774. The molecule has 0 unspecified atom stereocenters. The molecule has 11 heavy (non-hydrogen) atoms. The van der Waals surface area contributed by atoms with Gasteiger partial charge in [-0.15, -0.1) is 0 Å². The van der Waals surface area contributed by atoms with Gasteiger partial charge in [-0.2, -0.15) is 5.10 Å². The van der Waals surface area contributed by atoms with E-state index in [2.05, 4.69) is 10.1 Å². The van der Waals surface area contributed by atoms with E-state index in [4.69, 9.17) is 5.73 Å². The topological polar surface area (TPSA) is 56.2 Å². The van der Waals surface area contributed by atoms with E-state index in [1.165, 1.54) is 0 Å². The van der Waals surface area contributed by atoms with Crippen molar-refractivity contribution in [2.75, 3.05) is 7.05 Å². The van der Waals surface area contributed by atoms with Crippen LogP contribution in [-0.2, 0) is 6.54 Å². The standard InChI is InChI=1S/C7H12N4/c1-9-7(8)3-6-11-5-2-4-10-11/h2,4-5H,3,6H2,1H3,(H2,8,9). The van der Waals surface area contributed by atoms with E-state index in [0.29, 0.717) is 5.84 Å². The van der Waals surface area contributed by atoms with Crippen molar-refractivity contribution in [1.29, 1.82) is 0 Å². The zero-order valence-corrected chi connectivity index (χ0v) is 6.57. The molecule has 60 valence electrons. The second-order valence-corrected chi connectivity index (χ2v) is 2.23. The minimum Gasteiger partial charge on any atom is -0.387 e. The summed E-state index contributed by atoms with van der Waals surface area (Å²) in [5.41, 5.74) is 5.50. The van der Waals surface area contributed by atoms with Gasteiger partial charge in [-0.1, -0.05) is 0 Å². The maximum absolute atomic E-state index is 5.50. The second kappa shape index (κ2) is 3.75. The molecule has 1 heterocycles. The Morgan fingerprint density at radius 1 is 1.73 bits per heavy atom. The molecule has 1 aromatic rings. The number of amidine groups is 1. The molecular formula is C7H12N4. The summed E-state index contributed by atoms with van der Waals surface area (Å²) in [5.74, 6) is 0.667. The molecule has 1 aromatic heterocycles. The molecule has 0 bridgehead atoms. The Hall–Kier alpha value is -1.32. The maximum Gasteiger partial charge on any atom is 0.0952 e. The SMILES string of the molecule is CN=C(N)CCn1cccn1. The third-order valence-corrected chi connectivity index (χ3v) is 1.44. The van der Waals surface area contributed by atoms with Crippen LogP contribution < -0.4 is 5.73 Å². The lowest BCUT2D eigenvalue weighted by Gasteiger charge is -1.99. The fraction of sp³-hybridized carbons (Fsp3) is 0.429. The number of aromatic nitrogens is 2. The van der Waals surface area contributed by atoms with Gasteiger partial charge < -0.3 is 5.73 Å². The minimum absolute atomic E-state index is 0.667. The number of rotatable bonds is 3. The van der Waals surface area contributed by atoms with Crippen molar-refractivity contribution in [3.63, 3.8) is 0 Å². The van der Waals surface area contributed by atoms with Crippen LogP contribution in [0.15, 0.2) is 23.5 Å². The molecule has 0 aliphatic heterocycles. The zero-order valence-electron chi connectivity index (χ0n) is 6.57. The smallest absolute Gasteiger partial charge is 0.0952 e. The van der Waals surface area contributed by atoms with Crippen LogP contribution >= 0.6 is 0 Å². The van der Waals surface area contributed by atoms with Crippen LogP contribution in [0.25, 0.3) is 0 Å². The average molecular weight is 152 g/mol. The third-order valence-electron chi connectivity index (χ3n) is 1.44. The number of hydrogen-bond acceptors (Lipinski definition) is 2. The molecule has 0 aliphatic rings. The Labute approximate surface area is 65.7 Å². The fourth-order valence-electron chi connectivity index (χ4n) is 0.774. The molecule has 0 radical (unpaired) electrons. The van der Waals surface area contributed by atoms with Crippen LogP contribution in [0.2, 0.25) is 0 Å². The van der Waals surface area contributed by atoms with Crippen LogP contribution in [0, 0.1) is 0 Å². The van der Waals surface area contributed by atoms with Gasteiger partial charge in [-0.25, -0.2) is 0 Å². The van der Waals surface area contributed by atoms with Crippen LogP contribution in [0.3, 0.4) is 0 Å². The second-order valence-electron chi connectivity index (χ2n) is 2.23. The number of nitrogens with two attached hydrogens (primary N) is 1. The highest BCUT2D eigenvalue weighted by Gasteiger charge is 1.92.